The van der Waals surface area contributed by atoms with Crippen molar-refractivity contribution in [1.29, 1.82) is 0 Å². The van der Waals surface area contributed by atoms with Gasteiger partial charge in [0.2, 0.25) is 0 Å². The summed E-state index contributed by atoms with van der Waals surface area (Å²) in [5.74, 6) is -0.312. The molecule has 0 radical (unpaired) electrons. The van der Waals surface area contributed by atoms with Crippen LogP contribution in [0.1, 0.15) is 30.7 Å². The van der Waals surface area contributed by atoms with Crippen LogP contribution in [0.5, 0.6) is 0 Å². The summed E-state index contributed by atoms with van der Waals surface area (Å²) < 4.78 is 15.2. The first-order chi connectivity index (χ1) is 12.7. The predicted molar refractivity (Wildman–Crippen MR) is 97.2 cm³/mol. The van der Waals surface area contributed by atoms with Crippen molar-refractivity contribution in [3.63, 3.8) is 0 Å². The molecule has 2 aromatic rings. The highest BCUT2D eigenvalue weighted by Crippen LogP contribution is 2.20. The van der Waals surface area contributed by atoms with Crippen LogP contribution in [0, 0.1) is 5.82 Å². The molecule has 1 N–H and O–H groups in total. The van der Waals surface area contributed by atoms with Crippen molar-refractivity contribution in [1.82, 2.24) is 19.4 Å². The molecule has 1 aromatic heterocycles. The molecule has 1 aromatic carbocycles. The van der Waals surface area contributed by atoms with Crippen molar-refractivity contribution < 1.29 is 9.18 Å². The fourth-order valence-corrected chi connectivity index (χ4v) is 3.71. The number of aromatic nitrogens is 2. The van der Waals surface area contributed by atoms with Crippen LogP contribution >= 0.6 is 0 Å². The summed E-state index contributed by atoms with van der Waals surface area (Å²) in [4.78, 5) is 21.5. The van der Waals surface area contributed by atoms with Gasteiger partial charge in [-0.25, -0.2) is 14.2 Å². The van der Waals surface area contributed by atoms with Gasteiger partial charge in [-0.1, -0.05) is 0 Å². The monoisotopic (exact) mass is 357 g/mol. The highest BCUT2D eigenvalue weighted by Gasteiger charge is 2.24. The molecule has 6 nitrogen and oxygen atoms in total. The molecule has 0 saturated carbocycles. The Morgan fingerprint density at radius 2 is 1.85 bits per heavy atom. The van der Waals surface area contributed by atoms with E-state index < -0.39 is 0 Å². The number of carbonyl (C=O) groups is 1. The quantitative estimate of drug-likeness (QED) is 0.919. The second-order valence-electron chi connectivity index (χ2n) is 7.03. The van der Waals surface area contributed by atoms with Crippen molar-refractivity contribution in [3.8, 4) is 0 Å². The number of aryl methyl sites for hydroxylation is 1. The first-order valence-electron chi connectivity index (χ1n) is 9.26. The maximum absolute atomic E-state index is 13.0. The topological polar surface area (TPSA) is 53.4 Å². The van der Waals surface area contributed by atoms with Gasteiger partial charge in [-0.3, -0.25) is 4.90 Å². The van der Waals surface area contributed by atoms with Gasteiger partial charge in [0.05, 0.1) is 24.3 Å². The van der Waals surface area contributed by atoms with E-state index in [0.29, 0.717) is 18.8 Å². The third-order valence-corrected chi connectivity index (χ3v) is 5.16. The smallest absolute Gasteiger partial charge is 0.322 e. The zero-order valence-corrected chi connectivity index (χ0v) is 14.8. The zero-order valence-electron chi connectivity index (χ0n) is 14.8. The Bertz CT molecular complexity index is 767. The normalized spacial score (nSPS) is 17.8. The number of carbonyl (C=O) groups excluding carboxylic acids is 1. The molecule has 3 heterocycles. The average molecular weight is 357 g/mol. The summed E-state index contributed by atoms with van der Waals surface area (Å²) in [6.07, 6.45) is 5.30. The Morgan fingerprint density at radius 3 is 2.62 bits per heavy atom. The van der Waals surface area contributed by atoms with Gasteiger partial charge in [0.15, 0.2) is 0 Å². The first-order valence-corrected chi connectivity index (χ1v) is 9.26. The molecule has 2 amide bonds. The lowest BCUT2D eigenvalue weighted by atomic mass is 10.2. The molecule has 0 bridgehead atoms. The van der Waals surface area contributed by atoms with E-state index in [1.807, 2.05) is 11.2 Å². The van der Waals surface area contributed by atoms with Crippen LogP contribution < -0.4 is 5.32 Å². The summed E-state index contributed by atoms with van der Waals surface area (Å²) in [6.45, 7) is 5.23. The number of halogens is 1. The van der Waals surface area contributed by atoms with Crippen LogP contribution in [-0.4, -0.2) is 45.0 Å². The summed E-state index contributed by atoms with van der Waals surface area (Å²) in [7, 11) is 0. The van der Waals surface area contributed by atoms with Crippen molar-refractivity contribution in [2.24, 2.45) is 0 Å². The Morgan fingerprint density at radius 1 is 1.08 bits per heavy atom. The van der Waals surface area contributed by atoms with Gasteiger partial charge in [0, 0.05) is 25.3 Å². The van der Waals surface area contributed by atoms with E-state index in [2.05, 4.69) is 19.8 Å². The summed E-state index contributed by atoms with van der Waals surface area (Å²) >= 11 is 0. The van der Waals surface area contributed by atoms with E-state index in [0.717, 1.165) is 44.0 Å². The minimum Gasteiger partial charge on any atom is -0.333 e. The number of rotatable bonds is 3. The van der Waals surface area contributed by atoms with Crippen LogP contribution in [0.2, 0.25) is 0 Å². The summed E-state index contributed by atoms with van der Waals surface area (Å²) in [5, 5.41) is 2.86. The maximum Gasteiger partial charge on any atom is 0.322 e. The van der Waals surface area contributed by atoms with Gasteiger partial charge in [0.1, 0.15) is 5.82 Å². The summed E-state index contributed by atoms with van der Waals surface area (Å²) in [6, 6.07) is 5.70. The molecule has 0 spiro atoms. The molecule has 2 aliphatic rings. The number of benzene rings is 1. The van der Waals surface area contributed by atoms with Crippen LogP contribution in [0.3, 0.4) is 0 Å². The number of nitrogens with one attached hydrogen (secondary N) is 1. The third kappa shape index (κ3) is 3.72. The van der Waals surface area contributed by atoms with E-state index in [9.17, 15) is 9.18 Å². The van der Waals surface area contributed by atoms with Crippen LogP contribution in [0.25, 0.3) is 0 Å². The Balaban J connectivity index is 1.46. The Hall–Kier alpha value is -2.41. The second-order valence-corrected chi connectivity index (χ2v) is 7.03. The van der Waals surface area contributed by atoms with E-state index in [1.54, 1.807) is 12.1 Å². The van der Waals surface area contributed by atoms with Gasteiger partial charge >= 0.3 is 6.03 Å². The fourth-order valence-electron chi connectivity index (χ4n) is 3.71. The molecule has 4 rings (SSSR count). The third-order valence-electron chi connectivity index (χ3n) is 5.16. The minimum absolute atomic E-state index is 0.154. The first kappa shape index (κ1) is 17.0. The van der Waals surface area contributed by atoms with E-state index in [1.165, 1.54) is 25.0 Å². The van der Waals surface area contributed by atoms with Crippen molar-refractivity contribution in [2.75, 3.05) is 25.0 Å². The molecular weight excluding hydrogens is 333 g/mol. The molecule has 0 unspecified atom stereocenters. The molecule has 2 aliphatic heterocycles. The van der Waals surface area contributed by atoms with Crippen molar-refractivity contribution in [3.05, 3.63) is 47.8 Å². The Kier molecular flexibility index (Phi) is 4.88. The standard InChI is InChI=1S/C19H24FN5O/c20-15-4-6-16(7-5-15)22-19(26)24-10-3-11-25-14-21-17(18(25)13-24)12-23-8-1-2-9-23/h4-7,14H,1-3,8-13H2,(H,22,26). The molecule has 7 heteroatoms. The molecule has 138 valence electrons. The van der Waals surface area contributed by atoms with Crippen molar-refractivity contribution in [2.45, 2.75) is 38.9 Å². The van der Waals surface area contributed by atoms with E-state index >= 15 is 0 Å². The number of imidazole rings is 1. The average Bonchev–Trinajstić information content (AvgIpc) is 3.22. The maximum atomic E-state index is 13.0. The number of hydrogen-bond donors (Lipinski definition) is 1. The number of amides is 2. The molecule has 1 fully saturated rings. The molecule has 0 aliphatic carbocycles. The van der Waals surface area contributed by atoms with Gasteiger partial charge in [0.25, 0.3) is 0 Å². The van der Waals surface area contributed by atoms with E-state index in [-0.39, 0.29) is 11.8 Å². The number of fused-ring (bicyclic) bond motifs is 1. The minimum atomic E-state index is -0.312. The number of hydrogen-bond acceptors (Lipinski definition) is 3. The van der Waals surface area contributed by atoms with Crippen LogP contribution in [0.4, 0.5) is 14.9 Å². The number of urea groups is 1. The zero-order chi connectivity index (χ0) is 17.9. The number of nitrogens with zero attached hydrogens (tertiary/aromatic N) is 4. The van der Waals surface area contributed by atoms with Gasteiger partial charge in [-0.05, 0) is 56.6 Å². The number of likely N-dealkylation sites (tertiary alicyclic amines) is 1. The van der Waals surface area contributed by atoms with Gasteiger partial charge < -0.3 is 14.8 Å². The molecule has 26 heavy (non-hydrogen) atoms. The van der Waals surface area contributed by atoms with Gasteiger partial charge in [-0.2, -0.15) is 0 Å². The lowest BCUT2D eigenvalue weighted by Gasteiger charge is -2.22. The highest BCUT2D eigenvalue weighted by molar-refractivity contribution is 5.89. The molecule has 1 saturated heterocycles. The summed E-state index contributed by atoms with van der Waals surface area (Å²) in [5.41, 5.74) is 2.81. The lowest BCUT2D eigenvalue weighted by molar-refractivity contribution is 0.209. The van der Waals surface area contributed by atoms with E-state index in [4.69, 9.17) is 0 Å². The Labute approximate surface area is 152 Å². The van der Waals surface area contributed by atoms with Crippen molar-refractivity contribution >= 4 is 11.7 Å². The highest BCUT2D eigenvalue weighted by atomic mass is 19.1. The molecule has 0 atom stereocenters. The van der Waals surface area contributed by atoms with Crippen LogP contribution in [0.15, 0.2) is 30.6 Å². The fraction of sp³-hybridized carbons (Fsp3) is 0.474. The second kappa shape index (κ2) is 7.45. The van der Waals surface area contributed by atoms with Gasteiger partial charge in [-0.15, -0.1) is 0 Å². The molecular formula is C19H24FN5O. The predicted octanol–water partition coefficient (Wildman–Crippen LogP) is 3.06. The SMILES string of the molecule is O=C(Nc1ccc(F)cc1)N1CCCn2cnc(CN3CCCC3)c2C1. The van der Waals surface area contributed by atoms with Crippen LogP contribution in [-0.2, 0) is 19.6 Å². The number of anilines is 1. The lowest BCUT2D eigenvalue weighted by Crippen LogP contribution is -2.35. The largest absolute Gasteiger partial charge is 0.333 e.